The van der Waals surface area contributed by atoms with E-state index in [-0.39, 0.29) is 18.5 Å². The van der Waals surface area contributed by atoms with Gasteiger partial charge in [0, 0.05) is 25.0 Å². The highest BCUT2D eigenvalue weighted by atomic mass is 19.2. The Balaban J connectivity index is 1.52. The first-order chi connectivity index (χ1) is 12.9. The Morgan fingerprint density at radius 3 is 2.11 bits per heavy atom. The number of hydrogen-bond donors (Lipinski definition) is 1. The van der Waals surface area contributed by atoms with E-state index in [4.69, 9.17) is 0 Å². The van der Waals surface area contributed by atoms with Crippen LogP contribution in [0.25, 0.3) is 0 Å². The van der Waals surface area contributed by atoms with Crippen LogP contribution in [0.5, 0.6) is 0 Å². The number of benzene rings is 2. The van der Waals surface area contributed by atoms with Gasteiger partial charge in [-0.1, -0.05) is 36.8 Å². The molecule has 2 atom stereocenters. The SMILES string of the molecule is OC1(Cc2cc(F)c(F)c(F)c2)CC2CCCC(C1)N2Cc1ccccc1. The van der Waals surface area contributed by atoms with Gasteiger partial charge in [-0.25, -0.2) is 13.2 Å². The predicted octanol–water partition coefficient (Wildman–Crippen LogP) is 4.59. The van der Waals surface area contributed by atoms with Crippen molar-refractivity contribution in [2.75, 3.05) is 0 Å². The van der Waals surface area contributed by atoms with E-state index in [0.717, 1.165) is 37.9 Å². The Morgan fingerprint density at radius 2 is 1.52 bits per heavy atom. The molecule has 5 heteroatoms. The lowest BCUT2D eigenvalue weighted by atomic mass is 9.73. The van der Waals surface area contributed by atoms with Crippen molar-refractivity contribution < 1.29 is 18.3 Å². The summed E-state index contributed by atoms with van der Waals surface area (Å²) in [6, 6.07) is 12.8. The summed E-state index contributed by atoms with van der Waals surface area (Å²) in [5.41, 5.74) is 0.547. The maximum absolute atomic E-state index is 13.5. The zero-order valence-corrected chi connectivity index (χ0v) is 15.2. The second kappa shape index (κ2) is 7.28. The van der Waals surface area contributed by atoms with E-state index in [9.17, 15) is 18.3 Å². The quantitative estimate of drug-likeness (QED) is 0.790. The lowest BCUT2D eigenvalue weighted by Gasteiger charge is -2.52. The minimum Gasteiger partial charge on any atom is -0.389 e. The third kappa shape index (κ3) is 3.90. The van der Waals surface area contributed by atoms with Crippen LogP contribution in [0.3, 0.4) is 0 Å². The largest absolute Gasteiger partial charge is 0.389 e. The van der Waals surface area contributed by atoms with E-state index in [1.807, 2.05) is 18.2 Å². The van der Waals surface area contributed by atoms with Crippen molar-refractivity contribution in [1.82, 2.24) is 4.90 Å². The van der Waals surface area contributed by atoms with E-state index in [1.165, 1.54) is 5.56 Å². The van der Waals surface area contributed by atoms with E-state index in [0.29, 0.717) is 18.4 Å². The summed E-state index contributed by atoms with van der Waals surface area (Å²) < 4.78 is 40.3. The molecule has 4 rings (SSSR count). The zero-order chi connectivity index (χ0) is 19.0. The molecule has 27 heavy (non-hydrogen) atoms. The number of piperidine rings is 2. The molecular formula is C22H24F3NO. The molecule has 2 bridgehead atoms. The van der Waals surface area contributed by atoms with E-state index in [1.54, 1.807) is 0 Å². The van der Waals surface area contributed by atoms with Crippen LogP contribution in [0.2, 0.25) is 0 Å². The molecule has 2 saturated heterocycles. The van der Waals surface area contributed by atoms with E-state index >= 15 is 0 Å². The van der Waals surface area contributed by atoms with Crippen LogP contribution in [-0.4, -0.2) is 27.7 Å². The molecule has 2 aromatic rings. The molecule has 2 nitrogen and oxygen atoms in total. The van der Waals surface area contributed by atoms with Gasteiger partial charge in [-0.2, -0.15) is 0 Å². The highest BCUT2D eigenvalue weighted by Crippen LogP contribution is 2.41. The molecule has 0 spiro atoms. The van der Waals surface area contributed by atoms with Crippen molar-refractivity contribution in [3.8, 4) is 0 Å². The summed E-state index contributed by atoms with van der Waals surface area (Å²) in [6.07, 6.45) is 4.44. The van der Waals surface area contributed by atoms with Gasteiger partial charge in [0.2, 0.25) is 0 Å². The molecule has 2 fully saturated rings. The predicted molar refractivity (Wildman–Crippen MR) is 97.6 cm³/mol. The second-order valence-corrected chi connectivity index (χ2v) is 8.08. The summed E-state index contributed by atoms with van der Waals surface area (Å²) in [4.78, 5) is 2.47. The van der Waals surface area contributed by atoms with Gasteiger partial charge >= 0.3 is 0 Å². The van der Waals surface area contributed by atoms with Gasteiger partial charge in [-0.3, -0.25) is 4.90 Å². The minimum absolute atomic E-state index is 0.146. The maximum Gasteiger partial charge on any atom is 0.194 e. The summed E-state index contributed by atoms with van der Waals surface area (Å²) >= 11 is 0. The number of hydrogen-bond acceptors (Lipinski definition) is 2. The van der Waals surface area contributed by atoms with Gasteiger partial charge < -0.3 is 5.11 Å². The standard InChI is InChI=1S/C22H24F3NO/c23-19-9-16(10-20(24)21(19)25)11-22(27)12-17-7-4-8-18(13-22)26(17)14-15-5-2-1-3-6-15/h1-3,5-6,9-10,17-18,27H,4,7-8,11-14H2. The lowest BCUT2D eigenvalue weighted by Crippen LogP contribution is -2.58. The molecule has 1 N–H and O–H groups in total. The highest BCUT2D eigenvalue weighted by Gasteiger charge is 2.45. The van der Waals surface area contributed by atoms with Crippen LogP contribution in [0, 0.1) is 17.5 Å². The Kier molecular flexibility index (Phi) is 4.99. The minimum atomic E-state index is -1.46. The first-order valence-electron chi connectivity index (χ1n) is 9.59. The topological polar surface area (TPSA) is 23.5 Å². The van der Waals surface area contributed by atoms with Crippen LogP contribution in [0.1, 0.15) is 43.2 Å². The van der Waals surface area contributed by atoms with Crippen molar-refractivity contribution >= 4 is 0 Å². The average Bonchev–Trinajstić information content (AvgIpc) is 2.61. The average molecular weight is 375 g/mol. The van der Waals surface area contributed by atoms with Gasteiger partial charge in [0.25, 0.3) is 0 Å². The van der Waals surface area contributed by atoms with Gasteiger partial charge in [-0.15, -0.1) is 0 Å². The normalized spacial score (nSPS) is 28.3. The third-order valence-corrected chi connectivity index (χ3v) is 6.03. The highest BCUT2D eigenvalue weighted by molar-refractivity contribution is 5.22. The number of fused-ring (bicyclic) bond motifs is 2. The molecule has 2 aliphatic heterocycles. The third-order valence-electron chi connectivity index (χ3n) is 6.03. The number of halogens is 3. The van der Waals surface area contributed by atoms with Crippen molar-refractivity contribution in [2.45, 2.75) is 62.8 Å². The monoisotopic (exact) mass is 375 g/mol. The summed E-state index contributed by atoms with van der Waals surface area (Å²) in [5.74, 6) is -3.86. The van der Waals surface area contributed by atoms with Crippen molar-refractivity contribution in [2.24, 2.45) is 0 Å². The molecule has 144 valence electrons. The second-order valence-electron chi connectivity index (χ2n) is 8.08. The molecule has 0 aliphatic carbocycles. The number of rotatable bonds is 4. The molecule has 2 aliphatic rings. The van der Waals surface area contributed by atoms with E-state index < -0.39 is 23.1 Å². The Hall–Kier alpha value is -1.85. The van der Waals surface area contributed by atoms with Crippen LogP contribution in [-0.2, 0) is 13.0 Å². The number of nitrogens with zero attached hydrogens (tertiary/aromatic N) is 1. The Bertz CT molecular complexity index is 773. The summed E-state index contributed by atoms with van der Waals surface area (Å²) in [6.45, 7) is 0.853. The first kappa shape index (κ1) is 18.5. The fourth-order valence-electron chi connectivity index (χ4n) is 4.90. The van der Waals surface area contributed by atoms with Crippen LogP contribution < -0.4 is 0 Å². The fraction of sp³-hybridized carbons (Fsp3) is 0.455. The molecule has 2 heterocycles. The van der Waals surface area contributed by atoms with Gasteiger partial charge in [0.05, 0.1) is 5.60 Å². The fourth-order valence-corrected chi connectivity index (χ4v) is 4.90. The van der Waals surface area contributed by atoms with Crippen molar-refractivity contribution in [1.29, 1.82) is 0 Å². The smallest absolute Gasteiger partial charge is 0.194 e. The lowest BCUT2D eigenvalue weighted by molar-refractivity contribution is -0.0947. The summed E-state index contributed by atoms with van der Waals surface area (Å²) in [7, 11) is 0. The van der Waals surface area contributed by atoms with Crippen molar-refractivity contribution in [3.05, 3.63) is 71.0 Å². The molecule has 0 saturated carbocycles. The Morgan fingerprint density at radius 1 is 0.926 bits per heavy atom. The van der Waals surface area contributed by atoms with Crippen molar-refractivity contribution in [3.63, 3.8) is 0 Å². The van der Waals surface area contributed by atoms with Crippen LogP contribution >= 0.6 is 0 Å². The molecular weight excluding hydrogens is 351 g/mol. The molecule has 0 aromatic heterocycles. The van der Waals surface area contributed by atoms with Gasteiger partial charge in [0.1, 0.15) is 0 Å². The van der Waals surface area contributed by atoms with E-state index in [2.05, 4.69) is 17.0 Å². The number of aliphatic hydroxyl groups is 1. The first-order valence-corrected chi connectivity index (χ1v) is 9.59. The maximum atomic E-state index is 13.5. The summed E-state index contributed by atoms with van der Waals surface area (Å²) in [5, 5.41) is 11.2. The zero-order valence-electron chi connectivity index (χ0n) is 15.2. The van der Waals surface area contributed by atoms with Gasteiger partial charge in [0.15, 0.2) is 17.5 Å². The van der Waals surface area contributed by atoms with Crippen LogP contribution in [0.4, 0.5) is 13.2 Å². The molecule has 0 amide bonds. The molecule has 0 radical (unpaired) electrons. The van der Waals surface area contributed by atoms with Crippen LogP contribution in [0.15, 0.2) is 42.5 Å². The molecule has 2 unspecified atom stereocenters. The Labute approximate surface area is 157 Å². The molecule has 2 aromatic carbocycles. The van der Waals surface area contributed by atoms with Gasteiger partial charge in [-0.05, 0) is 48.9 Å².